The minimum absolute atomic E-state index is 0.170. The number of morpholine rings is 1. The van der Waals surface area contributed by atoms with Crippen LogP contribution in [0.1, 0.15) is 12.1 Å². The summed E-state index contributed by atoms with van der Waals surface area (Å²) < 4.78 is 58.3. The average molecular weight is 438 g/mol. The quantitative estimate of drug-likeness (QED) is 0.622. The fourth-order valence-electron chi connectivity index (χ4n) is 3.26. The number of ether oxygens (including phenoxy) is 1. The first-order valence-electron chi connectivity index (χ1n) is 9.20. The first-order chi connectivity index (χ1) is 14.3. The van der Waals surface area contributed by atoms with E-state index in [0.29, 0.717) is 36.7 Å². The summed E-state index contributed by atoms with van der Waals surface area (Å²) in [5.41, 5.74) is 1.38. The van der Waals surface area contributed by atoms with E-state index in [-0.39, 0.29) is 18.3 Å². The molecule has 0 aromatic carbocycles. The number of nitrogens with zero attached hydrogens (tertiary/aromatic N) is 5. The molecule has 0 amide bonds. The second kappa shape index (κ2) is 8.20. The third-order valence-corrected chi connectivity index (χ3v) is 5.40. The second-order valence-corrected chi connectivity index (χ2v) is 8.77. The molecule has 0 bridgehead atoms. The van der Waals surface area contributed by atoms with E-state index in [1.807, 2.05) is 11.0 Å². The monoisotopic (exact) mass is 438 g/mol. The Labute approximate surface area is 171 Å². The molecule has 1 N–H and O–H groups in total. The Morgan fingerprint density at radius 2 is 2.20 bits per heavy atom. The molecule has 1 aliphatic heterocycles. The summed E-state index contributed by atoms with van der Waals surface area (Å²) in [4.78, 5) is 10.4. The highest BCUT2D eigenvalue weighted by molar-refractivity contribution is 7.88. The number of rotatable bonds is 6. The van der Waals surface area contributed by atoms with Crippen molar-refractivity contribution in [2.24, 2.45) is 0 Å². The molecule has 9 nitrogen and oxygen atoms in total. The van der Waals surface area contributed by atoms with Crippen molar-refractivity contribution in [3.8, 4) is 11.1 Å². The smallest absolute Gasteiger partial charge is 0.280 e. The summed E-state index contributed by atoms with van der Waals surface area (Å²) >= 11 is 0. The number of nitrogens with one attached hydrogen (secondary N) is 1. The van der Waals surface area contributed by atoms with Gasteiger partial charge in [0.2, 0.25) is 10.0 Å². The summed E-state index contributed by atoms with van der Waals surface area (Å²) in [6, 6.07) is 4.84. The molecule has 0 saturated carbocycles. The summed E-state index contributed by atoms with van der Waals surface area (Å²) in [6.07, 6.45) is 2.78. The number of alkyl halides is 2. The van der Waals surface area contributed by atoms with Gasteiger partial charge in [-0.2, -0.15) is 5.10 Å². The Hall–Kier alpha value is -2.70. The predicted molar refractivity (Wildman–Crippen MR) is 106 cm³/mol. The van der Waals surface area contributed by atoms with Crippen molar-refractivity contribution >= 4 is 21.5 Å². The fourth-order valence-corrected chi connectivity index (χ4v) is 3.75. The Bertz CT molecular complexity index is 1150. The molecule has 3 aromatic heterocycles. The first-order valence-corrected chi connectivity index (χ1v) is 11.1. The van der Waals surface area contributed by atoms with Gasteiger partial charge in [-0.25, -0.2) is 36.4 Å². The van der Waals surface area contributed by atoms with Crippen molar-refractivity contribution < 1.29 is 21.9 Å². The van der Waals surface area contributed by atoms with Crippen LogP contribution in [0, 0.1) is 0 Å². The normalized spacial score (nSPS) is 17.7. The molecule has 12 heteroatoms. The van der Waals surface area contributed by atoms with Gasteiger partial charge in [0.15, 0.2) is 5.65 Å². The predicted octanol–water partition coefficient (Wildman–Crippen LogP) is 1.48. The van der Waals surface area contributed by atoms with Gasteiger partial charge in [-0.3, -0.25) is 0 Å². The molecule has 4 heterocycles. The van der Waals surface area contributed by atoms with Gasteiger partial charge < -0.3 is 9.64 Å². The lowest BCUT2D eigenvalue weighted by molar-refractivity contribution is 0.0440. The lowest BCUT2D eigenvalue weighted by atomic mass is 10.1. The molecular formula is C18H20F2N6O3S. The molecule has 3 aromatic rings. The van der Waals surface area contributed by atoms with Crippen LogP contribution < -0.4 is 9.62 Å². The Morgan fingerprint density at radius 1 is 1.37 bits per heavy atom. The zero-order chi connectivity index (χ0) is 21.3. The summed E-state index contributed by atoms with van der Waals surface area (Å²) in [5.74, 6) is 0.671. The Kier molecular flexibility index (Phi) is 5.62. The maximum absolute atomic E-state index is 13.1. The number of pyridine rings is 1. The van der Waals surface area contributed by atoms with Gasteiger partial charge in [-0.1, -0.05) is 0 Å². The van der Waals surface area contributed by atoms with Gasteiger partial charge in [0.1, 0.15) is 11.5 Å². The van der Waals surface area contributed by atoms with Gasteiger partial charge in [-0.05, 0) is 23.8 Å². The molecule has 160 valence electrons. The van der Waals surface area contributed by atoms with Crippen LogP contribution in [0.5, 0.6) is 0 Å². The van der Waals surface area contributed by atoms with Crippen LogP contribution >= 0.6 is 0 Å². The summed E-state index contributed by atoms with van der Waals surface area (Å²) in [6.45, 7) is 1.65. The van der Waals surface area contributed by atoms with Crippen LogP contribution in [0.15, 0.2) is 36.8 Å². The molecule has 1 aliphatic rings. The standard InChI is InChI=1S/C18H20F2N6O3S/c1-30(27,28)23-9-13-11-25(6-7-29-13)16-8-12(2-4-21-16)14-10-22-26-5-3-15(17(19)20)24-18(14)26/h2-5,8,10,13,17,23H,6-7,9,11H2,1H3/t13-/m1/s1. The molecule has 1 saturated heterocycles. The van der Waals surface area contributed by atoms with E-state index in [4.69, 9.17) is 4.74 Å². The van der Waals surface area contributed by atoms with Crippen molar-refractivity contribution in [3.63, 3.8) is 0 Å². The van der Waals surface area contributed by atoms with E-state index >= 15 is 0 Å². The number of hydrogen-bond acceptors (Lipinski definition) is 7. The number of hydrogen-bond donors (Lipinski definition) is 1. The van der Waals surface area contributed by atoms with Crippen LogP contribution in [-0.2, 0) is 14.8 Å². The number of fused-ring (bicyclic) bond motifs is 1. The Balaban J connectivity index is 1.59. The van der Waals surface area contributed by atoms with E-state index in [1.165, 1.54) is 16.8 Å². The molecule has 0 aliphatic carbocycles. The number of sulfonamides is 1. The highest BCUT2D eigenvalue weighted by Crippen LogP contribution is 2.28. The SMILES string of the molecule is CS(=O)(=O)NC[C@@H]1CN(c2cc(-c3cnn4ccc(C(F)F)nc34)ccn2)CCO1. The van der Waals surface area contributed by atoms with Crippen molar-refractivity contribution in [2.45, 2.75) is 12.5 Å². The topological polar surface area (TPSA) is 102 Å². The van der Waals surface area contributed by atoms with Crippen LogP contribution in [0.4, 0.5) is 14.6 Å². The lowest BCUT2D eigenvalue weighted by Crippen LogP contribution is -2.47. The maximum atomic E-state index is 13.1. The lowest BCUT2D eigenvalue weighted by Gasteiger charge is -2.33. The van der Waals surface area contributed by atoms with Gasteiger partial charge in [0, 0.05) is 37.6 Å². The molecule has 1 fully saturated rings. The van der Waals surface area contributed by atoms with E-state index in [2.05, 4.69) is 19.8 Å². The van der Waals surface area contributed by atoms with Crippen molar-refractivity contribution in [1.29, 1.82) is 0 Å². The second-order valence-electron chi connectivity index (χ2n) is 6.94. The highest BCUT2D eigenvalue weighted by atomic mass is 32.2. The van der Waals surface area contributed by atoms with Gasteiger partial charge in [-0.15, -0.1) is 0 Å². The van der Waals surface area contributed by atoms with Crippen LogP contribution in [0.25, 0.3) is 16.8 Å². The molecule has 30 heavy (non-hydrogen) atoms. The zero-order valence-electron chi connectivity index (χ0n) is 16.1. The van der Waals surface area contributed by atoms with Crippen molar-refractivity contribution in [1.82, 2.24) is 24.3 Å². The van der Waals surface area contributed by atoms with Gasteiger partial charge in [0.05, 0.1) is 25.2 Å². The minimum atomic E-state index is -3.31. The van der Waals surface area contributed by atoms with Crippen molar-refractivity contribution in [2.75, 3.05) is 37.4 Å². The molecule has 4 rings (SSSR count). The van der Waals surface area contributed by atoms with E-state index in [1.54, 1.807) is 18.5 Å². The van der Waals surface area contributed by atoms with Crippen LogP contribution in [0.2, 0.25) is 0 Å². The zero-order valence-corrected chi connectivity index (χ0v) is 16.9. The largest absolute Gasteiger partial charge is 0.373 e. The third kappa shape index (κ3) is 4.55. The van der Waals surface area contributed by atoms with Crippen LogP contribution in [-0.4, -0.2) is 66.6 Å². The van der Waals surface area contributed by atoms with E-state index in [9.17, 15) is 17.2 Å². The molecule has 1 atom stereocenters. The van der Waals surface area contributed by atoms with E-state index in [0.717, 1.165) is 11.8 Å². The van der Waals surface area contributed by atoms with Crippen LogP contribution in [0.3, 0.4) is 0 Å². The van der Waals surface area contributed by atoms with Gasteiger partial charge >= 0.3 is 0 Å². The number of aromatic nitrogens is 4. The fraction of sp³-hybridized carbons (Fsp3) is 0.389. The highest BCUT2D eigenvalue weighted by Gasteiger charge is 2.23. The average Bonchev–Trinajstić information content (AvgIpc) is 3.15. The third-order valence-electron chi connectivity index (χ3n) is 4.71. The number of halogens is 2. The first kappa shape index (κ1) is 20.6. The summed E-state index contributed by atoms with van der Waals surface area (Å²) in [5, 5.41) is 4.19. The van der Waals surface area contributed by atoms with Gasteiger partial charge in [0.25, 0.3) is 6.43 Å². The minimum Gasteiger partial charge on any atom is -0.373 e. The molecular weight excluding hydrogens is 418 g/mol. The molecule has 0 radical (unpaired) electrons. The maximum Gasteiger partial charge on any atom is 0.280 e. The van der Waals surface area contributed by atoms with Crippen molar-refractivity contribution in [3.05, 3.63) is 42.5 Å². The molecule has 0 unspecified atom stereocenters. The van der Waals surface area contributed by atoms with E-state index < -0.39 is 16.4 Å². The molecule has 0 spiro atoms. The summed E-state index contributed by atoms with van der Waals surface area (Å²) in [7, 11) is -3.31. The Morgan fingerprint density at radius 3 is 2.97 bits per heavy atom. The number of anilines is 1.